The van der Waals surface area contributed by atoms with E-state index < -0.39 is 0 Å². The van der Waals surface area contributed by atoms with Crippen molar-refractivity contribution >= 4 is 43.7 Å². The van der Waals surface area contributed by atoms with Crippen LogP contribution < -0.4 is 9.78 Å². The Morgan fingerprint density at radius 1 is 0.429 bits per heavy atom. The molecule has 0 bridgehead atoms. The van der Waals surface area contributed by atoms with E-state index in [1.165, 1.54) is 22.1 Å². The van der Waals surface area contributed by atoms with Crippen LogP contribution in [-0.2, 0) is 6.54 Å². The fourth-order valence-corrected chi connectivity index (χ4v) is 8.09. The number of fused-ring (bicyclic) bond motifs is 6. The maximum atomic E-state index is 6.17. The van der Waals surface area contributed by atoms with Gasteiger partial charge < -0.3 is 14.5 Å². The summed E-state index contributed by atoms with van der Waals surface area (Å²) in [7, 11) is 0. The van der Waals surface area contributed by atoms with E-state index in [0.29, 0.717) is 12.4 Å². The van der Waals surface area contributed by atoms with Crippen LogP contribution in [0.4, 0.5) is 0 Å². The topological polar surface area (TPSA) is 48.9 Å². The number of para-hydroxylation sites is 2. The molecule has 0 atom stereocenters. The normalized spacial score (nSPS) is 11.6. The second-order valence-electron chi connectivity index (χ2n) is 14.3. The van der Waals surface area contributed by atoms with E-state index in [-0.39, 0.29) is 0 Å². The molecule has 3 aromatic heterocycles. The molecule has 56 heavy (non-hydrogen) atoms. The van der Waals surface area contributed by atoms with Gasteiger partial charge in [-0.3, -0.25) is 4.68 Å². The van der Waals surface area contributed by atoms with E-state index in [1.54, 1.807) is 0 Å². The number of aromatic nitrogens is 4. The molecule has 11 rings (SSSR count). The van der Waals surface area contributed by atoms with Gasteiger partial charge in [0.15, 0.2) is 0 Å². The number of hydrogen-bond donors (Lipinski definition) is 0. The summed E-state index contributed by atoms with van der Waals surface area (Å²) >= 11 is 0. The van der Waals surface area contributed by atoms with E-state index in [1.807, 2.05) is 18.2 Å². The second kappa shape index (κ2) is 13.1. The zero-order chi connectivity index (χ0) is 37.0. The lowest BCUT2D eigenvalue weighted by atomic mass is 10.0. The van der Waals surface area contributed by atoms with Crippen LogP contribution in [0.15, 0.2) is 199 Å². The fraction of sp³-hybridized carbons (Fsp3) is 0.0196. The van der Waals surface area contributed by atoms with Crippen molar-refractivity contribution in [3.05, 3.63) is 200 Å². The van der Waals surface area contributed by atoms with Gasteiger partial charge in [-0.2, -0.15) is 0 Å². The van der Waals surface area contributed by atoms with Gasteiger partial charge in [0.05, 0.1) is 6.54 Å². The lowest BCUT2D eigenvalue weighted by Gasteiger charge is -2.11. The van der Waals surface area contributed by atoms with Gasteiger partial charge in [-0.05, 0) is 86.7 Å². The summed E-state index contributed by atoms with van der Waals surface area (Å²) in [4.78, 5) is 5.38. The van der Waals surface area contributed by atoms with Crippen molar-refractivity contribution in [2.75, 3.05) is 0 Å². The van der Waals surface area contributed by atoms with Crippen LogP contribution in [-0.4, -0.2) is 9.55 Å². The Balaban J connectivity index is 1.09. The summed E-state index contributed by atoms with van der Waals surface area (Å²) in [5.41, 5.74) is 13.0. The minimum atomic E-state index is 0.545. The van der Waals surface area contributed by atoms with Crippen LogP contribution in [0.3, 0.4) is 0 Å². The molecule has 0 N–H and O–H groups in total. The van der Waals surface area contributed by atoms with Crippen molar-refractivity contribution in [2.24, 2.45) is 0 Å². The maximum absolute atomic E-state index is 6.17. The van der Waals surface area contributed by atoms with Gasteiger partial charge in [0, 0.05) is 21.5 Å². The highest BCUT2D eigenvalue weighted by Crippen LogP contribution is 2.37. The number of hydrogen-bond acceptors (Lipinski definition) is 2. The van der Waals surface area contributed by atoms with E-state index in [4.69, 9.17) is 14.5 Å². The summed E-state index contributed by atoms with van der Waals surface area (Å²) < 4.78 is 10.5. The third-order valence-electron chi connectivity index (χ3n) is 10.9. The van der Waals surface area contributed by atoms with Gasteiger partial charge in [0.2, 0.25) is 5.95 Å². The number of furan rings is 1. The van der Waals surface area contributed by atoms with Gasteiger partial charge in [0.1, 0.15) is 22.2 Å². The molecular formula is C51H34N4O. The number of nitrogens with zero attached hydrogens (tertiary/aromatic N) is 4. The SMILES string of the molecule is c1ccc(-c2ccc(-c3nc(-n4c5ccccc5c5ccc(-c6ccc7oc8ccccc8c7c6)cc54)[n+](Cc4cccc(-c5ccccc5)c4)[n-]3)cc2)cc1. The summed E-state index contributed by atoms with van der Waals surface area (Å²) in [6.45, 7) is 0.545. The molecule has 3 heterocycles. The van der Waals surface area contributed by atoms with E-state index in [9.17, 15) is 0 Å². The van der Waals surface area contributed by atoms with E-state index in [0.717, 1.165) is 72.1 Å². The highest BCUT2D eigenvalue weighted by Gasteiger charge is 2.20. The zero-order valence-electron chi connectivity index (χ0n) is 30.4. The quantitative estimate of drug-likeness (QED) is 0.154. The van der Waals surface area contributed by atoms with Gasteiger partial charge in [-0.1, -0.05) is 158 Å². The van der Waals surface area contributed by atoms with Crippen molar-refractivity contribution in [3.63, 3.8) is 0 Å². The predicted molar refractivity (Wildman–Crippen MR) is 227 cm³/mol. The zero-order valence-corrected chi connectivity index (χ0v) is 30.4. The van der Waals surface area contributed by atoms with Crippen molar-refractivity contribution in [1.82, 2.24) is 14.6 Å². The van der Waals surface area contributed by atoms with Gasteiger partial charge in [0.25, 0.3) is 0 Å². The molecule has 0 saturated carbocycles. The largest absolute Gasteiger partial charge is 0.456 e. The minimum Gasteiger partial charge on any atom is -0.456 e. The molecule has 11 aromatic rings. The lowest BCUT2D eigenvalue weighted by Crippen LogP contribution is -2.42. The van der Waals surface area contributed by atoms with Crippen LogP contribution in [0.25, 0.3) is 94.5 Å². The highest BCUT2D eigenvalue weighted by molar-refractivity contribution is 6.10. The molecule has 0 amide bonds. The van der Waals surface area contributed by atoms with Crippen molar-refractivity contribution in [3.8, 4) is 50.7 Å². The third-order valence-corrected chi connectivity index (χ3v) is 10.9. The Bertz CT molecular complexity index is 3210. The average Bonchev–Trinajstić information content (AvgIpc) is 3.95. The summed E-state index contributed by atoms with van der Waals surface area (Å²) in [5, 5.41) is 9.82. The molecule has 0 saturated heterocycles. The molecule has 5 heteroatoms. The van der Waals surface area contributed by atoms with E-state index >= 15 is 0 Å². The smallest absolute Gasteiger partial charge is 0.229 e. The molecule has 0 unspecified atom stereocenters. The monoisotopic (exact) mass is 718 g/mol. The van der Waals surface area contributed by atoms with Gasteiger partial charge >= 0.3 is 0 Å². The number of benzene rings is 8. The molecule has 0 aliphatic heterocycles. The predicted octanol–water partition coefficient (Wildman–Crippen LogP) is 12.0. The van der Waals surface area contributed by atoms with E-state index in [2.05, 4.69) is 185 Å². The summed E-state index contributed by atoms with van der Waals surface area (Å²) in [5.74, 6) is 1.44. The second-order valence-corrected chi connectivity index (χ2v) is 14.3. The van der Waals surface area contributed by atoms with Gasteiger partial charge in [-0.15, -0.1) is 0 Å². The fourth-order valence-electron chi connectivity index (χ4n) is 8.09. The first-order chi connectivity index (χ1) is 27.7. The third kappa shape index (κ3) is 5.48. The molecule has 8 aromatic carbocycles. The first kappa shape index (κ1) is 32.0. The molecule has 264 valence electrons. The highest BCUT2D eigenvalue weighted by atomic mass is 16.3. The van der Waals surface area contributed by atoms with Crippen molar-refractivity contribution < 1.29 is 9.10 Å². The molecular weight excluding hydrogens is 685 g/mol. The minimum absolute atomic E-state index is 0.545. The first-order valence-electron chi connectivity index (χ1n) is 18.9. The van der Waals surface area contributed by atoms with Crippen LogP contribution in [0.5, 0.6) is 0 Å². The Hall–Kier alpha value is -7.50. The lowest BCUT2D eigenvalue weighted by molar-refractivity contribution is -0.741. The molecule has 0 radical (unpaired) electrons. The van der Waals surface area contributed by atoms with Crippen molar-refractivity contribution in [1.29, 1.82) is 0 Å². The summed E-state index contributed by atoms with van der Waals surface area (Å²) in [6, 6.07) is 68.3. The maximum Gasteiger partial charge on any atom is 0.229 e. The standard InChI is InChI=1S/C51H34N4O/c1-3-13-35(14-4-1)37-22-24-38(25-23-37)50-52-51(54(53-50)33-34-12-11-17-39(30-34)36-15-5-2-6-16-36)55-46-20-9-7-18-42(46)43-28-26-41(32-47(43)55)40-27-29-49-45(31-40)44-19-8-10-21-48(44)56-49/h1-32H,33H2. The Kier molecular flexibility index (Phi) is 7.49. The molecule has 0 aliphatic rings. The summed E-state index contributed by atoms with van der Waals surface area (Å²) in [6.07, 6.45) is 0. The number of rotatable bonds is 7. The molecule has 0 fully saturated rings. The first-order valence-corrected chi connectivity index (χ1v) is 18.9. The van der Waals surface area contributed by atoms with Crippen LogP contribution in [0, 0.1) is 0 Å². The van der Waals surface area contributed by atoms with Crippen LogP contribution in [0.1, 0.15) is 5.56 Å². The molecule has 0 spiro atoms. The Labute approximate surface area is 323 Å². The van der Waals surface area contributed by atoms with Crippen LogP contribution >= 0.6 is 0 Å². The molecule has 0 aliphatic carbocycles. The van der Waals surface area contributed by atoms with Crippen molar-refractivity contribution in [2.45, 2.75) is 6.54 Å². The van der Waals surface area contributed by atoms with Crippen LogP contribution in [0.2, 0.25) is 0 Å². The molecule has 5 nitrogen and oxygen atoms in total. The average molecular weight is 719 g/mol. The Morgan fingerprint density at radius 3 is 1.82 bits per heavy atom. The Morgan fingerprint density at radius 2 is 1.00 bits per heavy atom. The van der Waals surface area contributed by atoms with Gasteiger partial charge in [-0.25, -0.2) is 4.57 Å².